The second kappa shape index (κ2) is 7.28. The Balaban J connectivity index is 2.77. The van der Waals surface area contributed by atoms with E-state index < -0.39 is 0 Å². The lowest BCUT2D eigenvalue weighted by Crippen LogP contribution is -2.40. The highest BCUT2D eigenvalue weighted by atomic mass is 19.1. The van der Waals surface area contributed by atoms with Crippen LogP contribution in [-0.4, -0.2) is 19.1 Å². The molecule has 0 aliphatic carbocycles. The summed E-state index contributed by atoms with van der Waals surface area (Å²) in [7, 11) is 0. The minimum absolute atomic E-state index is 0.192. The zero-order valence-corrected chi connectivity index (χ0v) is 10.8. The van der Waals surface area contributed by atoms with E-state index in [1.807, 2.05) is 12.1 Å². The monoisotopic (exact) mass is 238 g/mol. The minimum atomic E-state index is -0.192. The van der Waals surface area contributed by atoms with Crippen LogP contribution in [0, 0.1) is 5.82 Å². The molecular formula is C14H23FN2. The summed E-state index contributed by atoms with van der Waals surface area (Å²) < 4.78 is 12.9. The topological polar surface area (TPSA) is 29.3 Å². The van der Waals surface area contributed by atoms with E-state index in [1.165, 1.54) is 25.0 Å². The Morgan fingerprint density at radius 2 is 1.88 bits per heavy atom. The first-order valence-corrected chi connectivity index (χ1v) is 6.45. The molecule has 2 N–H and O–H groups in total. The van der Waals surface area contributed by atoms with Crippen LogP contribution in [0.4, 0.5) is 10.1 Å². The van der Waals surface area contributed by atoms with Crippen LogP contribution in [0.15, 0.2) is 24.3 Å². The highest BCUT2D eigenvalue weighted by Crippen LogP contribution is 2.19. The molecule has 0 radical (unpaired) electrons. The molecule has 0 fully saturated rings. The predicted molar refractivity (Wildman–Crippen MR) is 71.8 cm³/mol. The van der Waals surface area contributed by atoms with Gasteiger partial charge in [0.1, 0.15) is 5.82 Å². The van der Waals surface area contributed by atoms with Crippen molar-refractivity contribution in [2.45, 2.75) is 39.2 Å². The van der Waals surface area contributed by atoms with Crippen molar-refractivity contribution in [3.05, 3.63) is 30.1 Å². The van der Waals surface area contributed by atoms with Gasteiger partial charge in [0, 0.05) is 24.8 Å². The van der Waals surface area contributed by atoms with Crippen LogP contribution >= 0.6 is 0 Å². The molecule has 1 unspecified atom stereocenters. The van der Waals surface area contributed by atoms with Gasteiger partial charge in [0.15, 0.2) is 0 Å². The zero-order chi connectivity index (χ0) is 12.7. The molecule has 2 nitrogen and oxygen atoms in total. The Labute approximate surface area is 104 Å². The van der Waals surface area contributed by atoms with E-state index in [-0.39, 0.29) is 5.82 Å². The van der Waals surface area contributed by atoms with Gasteiger partial charge in [0.05, 0.1) is 0 Å². The van der Waals surface area contributed by atoms with Crippen molar-refractivity contribution < 1.29 is 4.39 Å². The number of nitrogens with zero attached hydrogens (tertiary/aromatic N) is 1. The zero-order valence-electron chi connectivity index (χ0n) is 10.8. The second-order valence-corrected chi connectivity index (χ2v) is 4.29. The van der Waals surface area contributed by atoms with Crippen molar-refractivity contribution in [2.24, 2.45) is 5.73 Å². The number of nitrogens with two attached hydrogens (primary N) is 1. The third-order valence-corrected chi connectivity index (χ3v) is 3.10. The number of benzene rings is 1. The van der Waals surface area contributed by atoms with E-state index in [2.05, 4.69) is 18.7 Å². The molecule has 0 heterocycles. The summed E-state index contributed by atoms with van der Waals surface area (Å²) in [6.07, 6.45) is 3.45. The Hall–Kier alpha value is -1.09. The molecule has 96 valence electrons. The molecule has 0 amide bonds. The highest BCUT2D eigenvalue weighted by molar-refractivity contribution is 5.47. The fourth-order valence-corrected chi connectivity index (χ4v) is 2.12. The first kappa shape index (κ1) is 14.0. The lowest BCUT2D eigenvalue weighted by Gasteiger charge is -2.32. The molecule has 0 aliphatic rings. The molecule has 1 atom stereocenters. The molecule has 1 aromatic carbocycles. The molecular weight excluding hydrogens is 215 g/mol. The predicted octanol–water partition coefficient (Wildman–Crippen LogP) is 3.17. The van der Waals surface area contributed by atoms with E-state index in [0.717, 1.165) is 18.7 Å². The second-order valence-electron chi connectivity index (χ2n) is 4.29. The van der Waals surface area contributed by atoms with Gasteiger partial charge in [0.25, 0.3) is 0 Å². The van der Waals surface area contributed by atoms with Crippen molar-refractivity contribution >= 4 is 5.69 Å². The van der Waals surface area contributed by atoms with Crippen LogP contribution in [0.5, 0.6) is 0 Å². The summed E-state index contributed by atoms with van der Waals surface area (Å²) in [4.78, 5) is 2.26. The number of halogens is 1. The molecule has 3 heteroatoms. The van der Waals surface area contributed by atoms with Gasteiger partial charge in [-0.05, 0) is 37.6 Å². The lowest BCUT2D eigenvalue weighted by molar-refractivity contribution is 0.539. The van der Waals surface area contributed by atoms with E-state index >= 15 is 0 Å². The van der Waals surface area contributed by atoms with Gasteiger partial charge in [-0.2, -0.15) is 0 Å². The van der Waals surface area contributed by atoms with E-state index in [0.29, 0.717) is 12.6 Å². The minimum Gasteiger partial charge on any atom is -0.368 e. The van der Waals surface area contributed by atoms with E-state index in [4.69, 9.17) is 5.73 Å². The Bertz CT molecular complexity index is 311. The van der Waals surface area contributed by atoms with Crippen molar-refractivity contribution in [2.75, 3.05) is 18.0 Å². The fraction of sp³-hybridized carbons (Fsp3) is 0.571. The number of likely N-dealkylation sites (N-methyl/N-ethyl adjacent to an activating group) is 1. The van der Waals surface area contributed by atoms with Crippen molar-refractivity contribution in [3.63, 3.8) is 0 Å². The SMILES string of the molecule is CCCCC(CN)N(CC)c1ccc(F)cc1. The van der Waals surface area contributed by atoms with Gasteiger partial charge < -0.3 is 10.6 Å². The Kier molecular flexibility index (Phi) is 5.98. The van der Waals surface area contributed by atoms with Gasteiger partial charge in [-0.25, -0.2) is 4.39 Å². The maximum atomic E-state index is 12.9. The molecule has 0 spiro atoms. The number of unbranched alkanes of at least 4 members (excludes halogenated alkanes) is 1. The van der Waals surface area contributed by atoms with Crippen LogP contribution in [0.3, 0.4) is 0 Å². The molecule has 0 aliphatic heterocycles. The Morgan fingerprint density at radius 1 is 1.24 bits per heavy atom. The number of anilines is 1. The van der Waals surface area contributed by atoms with Gasteiger partial charge in [-0.1, -0.05) is 19.8 Å². The van der Waals surface area contributed by atoms with E-state index in [9.17, 15) is 4.39 Å². The fourth-order valence-electron chi connectivity index (χ4n) is 2.12. The summed E-state index contributed by atoms with van der Waals surface area (Å²) in [5.74, 6) is -0.192. The van der Waals surface area contributed by atoms with Gasteiger partial charge in [-0.15, -0.1) is 0 Å². The van der Waals surface area contributed by atoms with Crippen molar-refractivity contribution in [3.8, 4) is 0 Å². The van der Waals surface area contributed by atoms with Crippen LogP contribution in [0.25, 0.3) is 0 Å². The molecule has 0 saturated carbocycles. The summed E-state index contributed by atoms with van der Waals surface area (Å²) in [6.45, 7) is 5.84. The first-order chi connectivity index (χ1) is 8.22. The number of hydrogen-bond donors (Lipinski definition) is 1. The molecule has 0 aromatic heterocycles. The standard InChI is InChI=1S/C14H23FN2/c1-3-5-6-14(11-16)17(4-2)13-9-7-12(15)8-10-13/h7-10,14H,3-6,11,16H2,1-2H3. The van der Waals surface area contributed by atoms with Crippen LogP contribution < -0.4 is 10.6 Å². The molecule has 1 aromatic rings. The average Bonchev–Trinajstić information content (AvgIpc) is 2.36. The van der Waals surface area contributed by atoms with Crippen LogP contribution in [0.2, 0.25) is 0 Å². The summed E-state index contributed by atoms with van der Waals surface area (Å²) in [5, 5.41) is 0. The Morgan fingerprint density at radius 3 is 2.35 bits per heavy atom. The summed E-state index contributed by atoms with van der Waals surface area (Å²) >= 11 is 0. The summed E-state index contributed by atoms with van der Waals surface area (Å²) in [6, 6.07) is 7.02. The molecule has 17 heavy (non-hydrogen) atoms. The molecule has 0 bridgehead atoms. The largest absolute Gasteiger partial charge is 0.368 e. The van der Waals surface area contributed by atoms with E-state index in [1.54, 1.807) is 0 Å². The van der Waals surface area contributed by atoms with Crippen molar-refractivity contribution in [1.82, 2.24) is 0 Å². The smallest absolute Gasteiger partial charge is 0.123 e. The van der Waals surface area contributed by atoms with Gasteiger partial charge >= 0.3 is 0 Å². The number of rotatable bonds is 7. The normalized spacial score (nSPS) is 12.5. The number of hydrogen-bond acceptors (Lipinski definition) is 2. The maximum Gasteiger partial charge on any atom is 0.123 e. The molecule has 0 saturated heterocycles. The third-order valence-electron chi connectivity index (χ3n) is 3.10. The van der Waals surface area contributed by atoms with Crippen LogP contribution in [0.1, 0.15) is 33.1 Å². The van der Waals surface area contributed by atoms with Gasteiger partial charge in [-0.3, -0.25) is 0 Å². The summed E-state index contributed by atoms with van der Waals surface area (Å²) in [5.41, 5.74) is 6.90. The molecule has 1 rings (SSSR count). The highest BCUT2D eigenvalue weighted by Gasteiger charge is 2.15. The third kappa shape index (κ3) is 4.00. The average molecular weight is 238 g/mol. The first-order valence-electron chi connectivity index (χ1n) is 6.45. The lowest BCUT2D eigenvalue weighted by atomic mass is 10.1. The van der Waals surface area contributed by atoms with Crippen molar-refractivity contribution in [1.29, 1.82) is 0 Å². The van der Waals surface area contributed by atoms with Crippen LogP contribution in [-0.2, 0) is 0 Å². The van der Waals surface area contributed by atoms with Gasteiger partial charge in [0.2, 0.25) is 0 Å². The maximum absolute atomic E-state index is 12.9. The quantitative estimate of drug-likeness (QED) is 0.790.